The molecule has 1 fully saturated rings. The molecule has 104 valence electrons. The van der Waals surface area contributed by atoms with E-state index < -0.39 is 0 Å². The molecule has 1 aliphatic carbocycles. The summed E-state index contributed by atoms with van der Waals surface area (Å²) in [5.74, 6) is 0.787. The number of rotatable bonds is 3. The zero-order chi connectivity index (χ0) is 14.1. The Hall–Kier alpha value is -1.12. The summed E-state index contributed by atoms with van der Waals surface area (Å²) in [6.45, 7) is 2.11. The highest BCUT2D eigenvalue weighted by atomic mass is 79.9. The van der Waals surface area contributed by atoms with Crippen molar-refractivity contribution in [1.82, 2.24) is 0 Å². The van der Waals surface area contributed by atoms with Gasteiger partial charge in [-0.3, -0.25) is 0 Å². The lowest BCUT2D eigenvalue weighted by Gasteiger charge is -2.26. The fourth-order valence-corrected chi connectivity index (χ4v) is 3.36. The zero-order valence-electron chi connectivity index (χ0n) is 11.8. The van der Waals surface area contributed by atoms with E-state index in [9.17, 15) is 0 Å². The number of nitrogens with two attached hydrogens (primary N) is 1. The van der Waals surface area contributed by atoms with Crippen LogP contribution in [0.1, 0.15) is 53.5 Å². The van der Waals surface area contributed by atoms with E-state index in [0.717, 1.165) is 10.4 Å². The lowest BCUT2D eigenvalue weighted by molar-refractivity contribution is 0.419. The smallest absolute Gasteiger partial charge is 0.0554 e. The van der Waals surface area contributed by atoms with Crippen LogP contribution in [0.3, 0.4) is 0 Å². The van der Waals surface area contributed by atoms with Gasteiger partial charge in [-0.25, -0.2) is 0 Å². The number of halogens is 1. The van der Waals surface area contributed by atoms with Gasteiger partial charge in [-0.1, -0.05) is 52.7 Å². The van der Waals surface area contributed by atoms with Crippen molar-refractivity contribution in [2.45, 2.75) is 38.1 Å². The van der Waals surface area contributed by atoms with E-state index in [2.05, 4.69) is 65.3 Å². The van der Waals surface area contributed by atoms with E-state index in [1.165, 1.54) is 41.5 Å². The first-order chi connectivity index (χ1) is 9.65. The van der Waals surface area contributed by atoms with Crippen molar-refractivity contribution in [1.29, 1.82) is 0 Å². The molecule has 3 rings (SSSR count). The van der Waals surface area contributed by atoms with Crippen LogP contribution in [-0.4, -0.2) is 0 Å². The summed E-state index contributed by atoms with van der Waals surface area (Å²) < 4.78 is 1.10. The van der Waals surface area contributed by atoms with Crippen molar-refractivity contribution >= 4 is 15.9 Å². The maximum atomic E-state index is 6.42. The first-order valence-corrected chi connectivity index (χ1v) is 8.06. The average Bonchev–Trinajstić information content (AvgIpc) is 2.37. The normalized spacial score (nSPS) is 16.8. The Morgan fingerprint density at radius 1 is 1.10 bits per heavy atom. The van der Waals surface area contributed by atoms with Crippen molar-refractivity contribution in [2.75, 3.05) is 0 Å². The summed E-state index contributed by atoms with van der Waals surface area (Å²) in [6.07, 6.45) is 4.07. The van der Waals surface area contributed by atoms with E-state index in [1.54, 1.807) is 0 Å². The highest BCUT2D eigenvalue weighted by Gasteiger charge is 2.19. The molecule has 0 aliphatic heterocycles. The van der Waals surface area contributed by atoms with Crippen LogP contribution in [0.5, 0.6) is 0 Å². The third-order valence-corrected chi connectivity index (χ3v) is 4.93. The van der Waals surface area contributed by atoms with Gasteiger partial charge in [0.25, 0.3) is 0 Å². The van der Waals surface area contributed by atoms with Gasteiger partial charge in [0.15, 0.2) is 0 Å². The van der Waals surface area contributed by atoms with Gasteiger partial charge in [0.05, 0.1) is 6.04 Å². The van der Waals surface area contributed by atoms with Gasteiger partial charge in [0.1, 0.15) is 0 Å². The van der Waals surface area contributed by atoms with Gasteiger partial charge in [0, 0.05) is 4.47 Å². The van der Waals surface area contributed by atoms with Crippen LogP contribution < -0.4 is 5.73 Å². The Labute approximate surface area is 129 Å². The van der Waals surface area contributed by atoms with Crippen LogP contribution in [0.25, 0.3) is 0 Å². The van der Waals surface area contributed by atoms with Crippen molar-refractivity contribution in [3.05, 3.63) is 69.2 Å². The maximum Gasteiger partial charge on any atom is 0.0554 e. The zero-order valence-corrected chi connectivity index (χ0v) is 13.4. The highest BCUT2D eigenvalue weighted by molar-refractivity contribution is 9.10. The SMILES string of the molecule is Cc1cc(Br)ccc1C(N)c1ccc(C2CCC2)cc1. The Morgan fingerprint density at radius 2 is 1.80 bits per heavy atom. The second-order valence-corrected chi connectivity index (χ2v) is 6.69. The first kappa shape index (κ1) is 13.8. The van der Waals surface area contributed by atoms with E-state index in [4.69, 9.17) is 5.73 Å². The lowest BCUT2D eigenvalue weighted by Crippen LogP contribution is -2.14. The Bertz CT molecular complexity index is 599. The van der Waals surface area contributed by atoms with E-state index in [1.807, 2.05) is 0 Å². The van der Waals surface area contributed by atoms with Gasteiger partial charge in [-0.05, 0) is 60.1 Å². The molecule has 2 N–H and O–H groups in total. The second-order valence-electron chi connectivity index (χ2n) is 5.77. The molecular formula is C18H20BrN. The molecule has 2 heteroatoms. The number of aryl methyl sites for hydroxylation is 1. The second kappa shape index (κ2) is 5.71. The van der Waals surface area contributed by atoms with Crippen LogP contribution in [0.15, 0.2) is 46.9 Å². The Morgan fingerprint density at radius 3 is 2.35 bits per heavy atom. The Balaban J connectivity index is 1.84. The molecule has 1 aliphatic rings. The topological polar surface area (TPSA) is 26.0 Å². The predicted molar refractivity (Wildman–Crippen MR) is 87.9 cm³/mol. The fraction of sp³-hybridized carbons (Fsp3) is 0.333. The van der Waals surface area contributed by atoms with Crippen LogP contribution in [0.4, 0.5) is 0 Å². The first-order valence-electron chi connectivity index (χ1n) is 7.26. The fourth-order valence-electron chi connectivity index (χ4n) is 2.88. The summed E-state index contributed by atoms with van der Waals surface area (Å²) >= 11 is 3.50. The molecule has 0 amide bonds. The van der Waals surface area contributed by atoms with Crippen LogP contribution >= 0.6 is 15.9 Å². The van der Waals surface area contributed by atoms with Crippen LogP contribution in [-0.2, 0) is 0 Å². The molecule has 0 radical (unpaired) electrons. The summed E-state index contributed by atoms with van der Waals surface area (Å²) in [5.41, 5.74) is 11.5. The van der Waals surface area contributed by atoms with Gasteiger partial charge >= 0.3 is 0 Å². The van der Waals surface area contributed by atoms with Gasteiger partial charge < -0.3 is 5.73 Å². The molecular weight excluding hydrogens is 310 g/mol. The van der Waals surface area contributed by atoms with Crippen molar-refractivity contribution in [2.24, 2.45) is 5.73 Å². The molecule has 0 aromatic heterocycles. The molecule has 0 heterocycles. The summed E-state index contributed by atoms with van der Waals surface area (Å²) in [5, 5.41) is 0. The molecule has 2 aromatic carbocycles. The largest absolute Gasteiger partial charge is 0.320 e. The van der Waals surface area contributed by atoms with Gasteiger partial charge in [-0.15, -0.1) is 0 Å². The monoisotopic (exact) mass is 329 g/mol. The summed E-state index contributed by atoms with van der Waals surface area (Å²) in [6, 6.07) is 15.2. The molecule has 1 saturated carbocycles. The number of benzene rings is 2. The minimum Gasteiger partial charge on any atom is -0.320 e. The predicted octanol–water partition coefficient (Wildman–Crippen LogP) is 5.07. The molecule has 2 aromatic rings. The van der Waals surface area contributed by atoms with E-state index >= 15 is 0 Å². The van der Waals surface area contributed by atoms with Crippen LogP contribution in [0.2, 0.25) is 0 Å². The minimum atomic E-state index is -0.0430. The number of hydrogen-bond acceptors (Lipinski definition) is 1. The highest BCUT2D eigenvalue weighted by Crippen LogP contribution is 2.36. The van der Waals surface area contributed by atoms with Crippen molar-refractivity contribution in [3.63, 3.8) is 0 Å². The van der Waals surface area contributed by atoms with E-state index in [-0.39, 0.29) is 6.04 Å². The molecule has 1 nitrogen and oxygen atoms in total. The minimum absolute atomic E-state index is 0.0430. The molecule has 0 spiro atoms. The van der Waals surface area contributed by atoms with Gasteiger partial charge in [0.2, 0.25) is 0 Å². The molecule has 1 unspecified atom stereocenters. The Kier molecular flexibility index (Phi) is 3.95. The molecule has 0 bridgehead atoms. The molecule has 20 heavy (non-hydrogen) atoms. The summed E-state index contributed by atoms with van der Waals surface area (Å²) in [4.78, 5) is 0. The maximum absolute atomic E-state index is 6.42. The van der Waals surface area contributed by atoms with E-state index in [0.29, 0.717) is 0 Å². The summed E-state index contributed by atoms with van der Waals surface area (Å²) in [7, 11) is 0. The third kappa shape index (κ3) is 2.68. The standard InChI is InChI=1S/C18H20BrN/c1-12-11-16(19)9-10-17(12)18(20)15-7-5-14(6-8-15)13-3-2-4-13/h5-11,13,18H,2-4,20H2,1H3. The quantitative estimate of drug-likeness (QED) is 0.835. The lowest BCUT2D eigenvalue weighted by atomic mass is 9.79. The third-order valence-electron chi connectivity index (χ3n) is 4.44. The molecule has 0 saturated heterocycles. The van der Waals surface area contributed by atoms with Crippen molar-refractivity contribution in [3.8, 4) is 0 Å². The van der Waals surface area contributed by atoms with Crippen molar-refractivity contribution < 1.29 is 0 Å². The average molecular weight is 330 g/mol. The molecule has 1 atom stereocenters. The van der Waals surface area contributed by atoms with Crippen LogP contribution in [0, 0.1) is 6.92 Å². The number of hydrogen-bond donors (Lipinski definition) is 1. The van der Waals surface area contributed by atoms with Gasteiger partial charge in [-0.2, -0.15) is 0 Å².